The van der Waals surface area contributed by atoms with Gasteiger partial charge in [-0.15, -0.1) is 0 Å². The number of benzene rings is 1. The molecule has 0 bridgehead atoms. The Kier molecular flexibility index (Phi) is 5.33. The summed E-state index contributed by atoms with van der Waals surface area (Å²) in [7, 11) is 0. The third-order valence-corrected chi connectivity index (χ3v) is 2.82. The summed E-state index contributed by atoms with van der Waals surface area (Å²) in [4.78, 5) is 4.50. The van der Waals surface area contributed by atoms with Crippen molar-refractivity contribution in [3.63, 3.8) is 0 Å². The number of allylic oxidation sites excluding steroid dienone is 1. The first-order valence-electron chi connectivity index (χ1n) is 6.89. The predicted molar refractivity (Wildman–Crippen MR) is 82.8 cm³/mol. The lowest BCUT2D eigenvalue weighted by Crippen LogP contribution is -2.12. The van der Waals surface area contributed by atoms with Crippen molar-refractivity contribution in [1.82, 2.24) is 10.3 Å². The first-order chi connectivity index (χ1) is 9.83. The van der Waals surface area contributed by atoms with Gasteiger partial charge in [0.15, 0.2) is 0 Å². The minimum Gasteiger partial charge on any atom is -0.438 e. The van der Waals surface area contributed by atoms with Crippen LogP contribution in [0.2, 0.25) is 0 Å². The van der Waals surface area contributed by atoms with Gasteiger partial charge in [0.1, 0.15) is 5.75 Å². The topological polar surface area (TPSA) is 34.1 Å². The minimum atomic E-state index is 0.623. The summed E-state index contributed by atoms with van der Waals surface area (Å²) in [5.74, 6) is 1.44. The first kappa shape index (κ1) is 14.3. The molecule has 0 fully saturated rings. The SMILES string of the molecule is CC=Cc1ccccc1Oc1cccc(CNCC)n1. The van der Waals surface area contributed by atoms with Crippen LogP contribution in [0.15, 0.2) is 48.5 Å². The number of hydrogen-bond donors (Lipinski definition) is 1. The number of ether oxygens (including phenoxy) is 1. The van der Waals surface area contributed by atoms with E-state index in [1.54, 1.807) is 0 Å². The van der Waals surface area contributed by atoms with Gasteiger partial charge in [0.25, 0.3) is 0 Å². The van der Waals surface area contributed by atoms with Crippen molar-refractivity contribution in [1.29, 1.82) is 0 Å². The summed E-state index contributed by atoms with van der Waals surface area (Å²) in [6.07, 6.45) is 4.02. The molecule has 3 heteroatoms. The van der Waals surface area contributed by atoms with E-state index < -0.39 is 0 Å². The number of aromatic nitrogens is 1. The van der Waals surface area contributed by atoms with E-state index in [-0.39, 0.29) is 0 Å². The predicted octanol–water partition coefficient (Wildman–Crippen LogP) is 4.02. The summed E-state index contributed by atoms with van der Waals surface area (Å²) < 4.78 is 5.89. The molecular weight excluding hydrogens is 248 g/mol. The Morgan fingerprint density at radius 1 is 1.15 bits per heavy atom. The lowest BCUT2D eigenvalue weighted by molar-refractivity contribution is 0.458. The fourth-order valence-corrected chi connectivity index (χ4v) is 1.87. The molecule has 0 atom stereocenters. The molecule has 0 aliphatic rings. The van der Waals surface area contributed by atoms with Crippen LogP contribution in [0.25, 0.3) is 6.08 Å². The zero-order chi connectivity index (χ0) is 14.2. The Morgan fingerprint density at radius 3 is 2.80 bits per heavy atom. The molecule has 2 rings (SSSR count). The van der Waals surface area contributed by atoms with Crippen LogP contribution in [0.5, 0.6) is 11.6 Å². The fraction of sp³-hybridized carbons (Fsp3) is 0.235. The van der Waals surface area contributed by atoms with Crippen LogP contribution < -0.4 is 10.1 Å². The quantitative estimate of drug-likeness (QED) is 0.859. The average Bonchev–Trinajstić information content (AvgIpc) is 2.48. The maximum Gasteiger partial charge on any atom is 0.219 e. The summed E-state index contributed by atoms with van der Waals surface area (Å²) in [5.41, 5.74) is 2.03. The molecule has 0 aliphatic heterocycles. The normalized spacial score (nSPS) is 10.9. The molecule has 1 heterocycles. The molecule has 0 amide bonds. The molecule has 0 unspecified atom stereocenters. The van der Waals surface area contributed by atoms with Gasteiger partial charge in [0.2, 0.25) is 5.88 Å². The summed E-state index contributed by atoms with van der Waals surface area (Å²) in [5, 5.41) is 3.26. The molecule has 20 heavy (non-hydrogen) atoms. The van der Waals surface area contributed by atoms with Crippen molar-refractivity contribution in [2.45, 2.75) is 20.4 Å². The Hall–Kier alpha value is -2.13. The first-order valence-corrected chi connectivity index (χ1v) is 6.89. The van der Waals surface area contributed by atoms with Crippen molar-refractivity contribution in [2.24, 2.45) is 0 Å². The van der Waals surface area contributed by atoms with Crippen LogP contribution >= 0.6 is 0 Å². The molecule has 3 nitrogen and oxygen atoms in total. The van der Waals surface area contributed by atoms with Crippen molar-refractivity contribution in [3.05, 3.63) is 59.8 Å². The summed E-state index contributed by atoms with van der Waals surface area (Å²) in [6.45, 7) is 5.75. The van der Waals surface area contributed by atoms with Gasteiger partial charge < -0.3 is 10.1 Å². The van der Waals surface area contributed by atoms with Gasteiger partial charge in [-0.1, -0.05) is 43.3 Å². The number of pyridine rings is 1. The Bertz CT molecular complexity index is 579. The number of hydrogen-bond acceptors (Lipinski definition) is 3. The molecule has 0 aliphatic carbocycles. The molecule has 0 spiro atoms. The summed E-state index contributed by atoms with van der Waals surface area (Å²) in [6, 6.07) is 13.8. The molecule has 2 aromatic rings. The van der Waals surface area contributed by atoms with Crippen molar-refractivity contribution >= 4 is 6.08 Å². The molecule has 0 saturated heterocycles. The van der Waals surface area contributed by atoms with E-state index in [9.17, 15) is 0 Å². The highest BCUT2D eigenvalue weighted by Crippen LogP contribution is 2.25. The van der Waals surface area contributed by atoms with E-state index in [0.29, 0.717) is 5.88 Å². The Morgan fingerprint density at radius 2 is 2.00 bits per heavy atom. The van der Waals surface area contributed by atoms with E-state index in [4.69, 9.17) is 4.74 Å². The maximum absolute atomic E-state index is 5.89. The Labute approximate surface area is 120 Å². The maximum atomic E-state index is 5.89. The fourth-order valence-electron chi connectivity index (χ4n) is 1.87. The molecule has 1 aromatic heterocycles. The van der Waals surface area contributed by atoms with Gasteiger partial charge in [-0.05, 0) is 25.6 Å². The van der Waals surface area contributed by atoms with Crippen molar-refractivity contribution in [3.8, 4) is 11.6 Å². The zero-order valence-electron chi connectivity index (χ0n) is 12.0. The second kappa shape index (κ2) is 7.46. The number of rotatable bonds is 6. The Balaban J connectivity index is 2.17. The van der Waals surface area contributed by atoms with Gasteiger partial charge in [0, 0.05) is 18.2 Å². The number of para-hydroxylation sites is 1. The van der Waals surface area contributed by atoms with Crippen LogP contribution in [-0.2, 0) is 6.54 Å². The van der Waals surface area contributed by atoms with E-state index in [1.807, 2.05) is 61.5 Å². The highest BCUT2D eigenvalue weighted by molar-refractivity contribution is 5.57. The second-order valence-corrected chi connectivity index (χ2v) is 4.39. The monoisotopic (exact) mass is 268 g/mol. The smallest absolute Gasteiger partial charge is 0.219 e. The highest BCUT2D eigenvalue weighted by atomic mass is 16.5. The van der Waals surface area contributed by atoms with E-state index >= 15 is 0 Å². The minimum absolute atomic E-state index is 0.623. The standard InChI is InChI=1S/C17H20N2O/c1-3-8-14-9-5-6-11-16(14)20-17-12-7-10-15(19-17)13-18-4-2/h3,5-12,18H,4,13H2,1-2H3. The van der Waals surface area contributed by atoms with Crippen LogP contribution in [-0.4, -0.2) is 11.5 Å². The summed E-state index contributed by atoms with van der Waals surface area (Å²) >= 11 is 0. The van der Waals surface area contributed by atoms with Crippen LogP contribution in [0.3, 0.4) is 0 Å². The van der Waals surface area contributed by atoms with Crippen molar-refractivity contribution < 1.29 is 4.74 Å². The number of nitrogens with one attached hydrogen (secondary N) is 1. The molecule has 104 valence electrons. The molecule has 1 N–H and O–H groups in total. The van der Waals surface area contributed by atoms with E-state index in [2.05, 4.69) is 17.2 Å². The van der Waals surface area contributed by atoms with Crippen LogP contribution in [0.1, 0.15) is 25.1 Å². The molecule has 0 radical (unpaired) electrons. The van der Waals surface area contributed by atoms with Gasteiger partial charge >= 0.3 is 0 Å². The van der Waals surface area contributed by atoms with Crippen molar-refractivity contribution in [2.75, 3.05) is 6.54 Å². The third-order valence-electron chi connectivity index (χ3n) is 2.82. The highest BCUT2D eigenvalue weighted by Gasteiger charge is 2.03. The lowest BCUT2D eigenvalue weighted by atomic mass is 10.2. The van der Waals surface area contributed by atoms with Crippen LogP contribution in [0.4, 0.5) is 0 Å². The van der Waals surface area contributed by atoms with E-state index in [1.165, 1.54) is 0 Å². The zero-order valence-corrected chi connectivity index (χ0v) is 12.0. The molecule has 1 aromatic carbocycles. The largest absolute Gasteiger partial charge is 0.438 e. The van der Waals surface area contributed by atoms with Crippen LogP contribution in [0, 0.1) is 0 Å². The van der Waals surface area contributed by atoms with Gasteiger partial charge in [0.05, 0.1) is 5.69 Å². The average molecular weight is 268 g/mol. The lowest BCUT2D eigenvalue weighted by Gasteiger charge is -2.09. The number of nitrogens with zero attached hydrogens (tertiary/aromatic N) is 1. The van der Waals surface area contributed by atoms with Gasteiger partial charge in [-0.3, -0.25) is 0 Å². The van der Waals surface area contributed by atoms with Gasteiger partial charge in [-0.25, -0.2) is 4.98 Å². The second-order valence-electron chi connectivity index (χ2n) is 4.39. The molecule has 0 saturated carbocycles. The van der Waals surface area contributed by atoms with Gasteiger partial charge in [-0.2, -0.15) is 0 Å². The van der Waals surface area contributed by atoms with E-state index in [0.717, 1.165) is 30.1 Å². The molecular formula is C17H20N2O. The third kappa shape index (κ3) is 3.93.